The number of halogens is 4. The van der Waals surface area contributed by atoms with Crippen LogP contribution in [0, 0.1) is 0 Å². The van der Waals surface area contributed by atoms with Crippen LogP contribution >= 0.6 is 0 Å². The zero-order valence-electron chi connectivity index (χ0n) is 17.4. The molecule has 32 heavy (non-hydrogen) atoms. The first-order valence-corrected chi connectivity index (χ1v) is 9.92. The van der Waals surface area contributed by atoms with Gasteiger partial charge in [-0.25, -0.2) is 0 Å². The van der Waals surface area contributed by atoms with Crippen molar-refractivity contribution in [1.82, 2.24) is 0 Å². The number of benzene rings is 3. The van der Waals surface area contributed by atoms with E-state index in [0.717, 1.165) is 40.1 Å². The Balaban J connectivity index is 0.00000289. The van der Waals surface area contributed by atoms with Crippen molar-refractivity contribution in [1.29, 1.82) is 0 Å². The minimum absolute atomic E-state index is 0. The van der Waals surface area contributed by atoms with Crippen LogP contribution in [0.1, 0.15) is 16.7 Å². The van der Waals surface area contributed by atoms with Crippen LogP contribution in [0.25, 0.3) is 34.5 Å². The second-order valence-corrected chi connectivity index (χ2v) is 7.33. The lowest BCUT2D eigenvalue weighted by atomic mass is 9.99. The molecule has 1 aromatic heterocycles. The van der Waals surface area contributed by atoms with Gasteiger partial charge in [0.05, 0.1) is 5.56 Å². The lowest BCUT2D eigenvalue weighted by molar-refractivity contribution is -0.660. The summed E-state index contributed by atoms with van der Waals surface area (Å²) in [6.45, 7) is 0. The standard InChI is InChI=1S/C27H21F3N.HI/c1-31-19-24(21-8-4-2-5-9-21)18-23(26(31)22-10-6-3-7-11-22)15-12-20-13-16-25(17-14-20)27(28,29)30;/h2-19H,1H3;1H/q+1;/p-1/b15-12+;. The average Bonchev–Trinajstić information content (AvgIpc) is 2.78. The highest BCUT2D eigenvalue weighted by Gasteiger charge is 2.29. The van der Waals surface area contributed by atoms with Crippen LogP contribution in [0.3, 0.4) is 0 Å². The number of aromatic nitrogens is 1. The molecule has 0 saturated heterocycles. The van der Waals surface area contributed by atoms with Crippen molar-refractivity contribution in [2.75, 3.05) is 0 Å². The monoisotopic (exact) mass is 543 g/mol. The minimum Gasteiger partial charge on any atom is -1.00 e. The molecule has 0 saturated carbocycles. The van der Waals surface area contributed by atoms with Gasteiger partial charge in [-0.15, -0.1) is 0 Å². The Bertz CT molecular complexity index is 1200. The number of pyridine rings is 1. The predicted octanol–water partition coefficient (Wildman–Crippen LogP) is 4.04. The van der Waals surface area contributed by atoms with Crippen LogP contribution in [-0.2, 0) is 13.2 Å². The van der Waals surface area contributed by atoms with E-state index in [1.807, 2.05) is 67.7 Å². The van der Waals surface area contributed by atoms with Crippen molar-refractivity contribution < 1.29 is 41.7 Å². The molecule has 5 heteroatoms. The van der Waals surface area contributed by atoms with Crippen LogP contribution in [-0.4, -0.2) is 0 Å². The van der Waals surface area contributed by atoms with E-state index >= 15 is 0 Å². The van der Waals surface area contributed by atoms with E-state index in [4.69, 9.17) is 0 Å². The third kappa shape index (κ3) is 5.46. The van der Waals surface area contributed by atoms with E-state index in [0.29, 0.717) is 5.56 Å². The Morgan fingerprint density at radius 2 is 1.25 bits per heavy atom. The molecular formula is C27H21F3IN. The molecule has 0 amide bonds. The number of nitrogens with zero attached hydrogens (tertiary/aromatic N) is 1. The van der Waals surface area contributed by atoms with Gasteiger partial charge in [0.15, 0.2) is 6.20 Å². The first-order chi connectivity index (χ1) is 14.9. The maximum Gasteiger partial charge on any atom is 0.416 e. The Morgan fingerprint density at radius 1 is 0.688 bits per heavy atom. The largest absolute Gasteiger partial charge is 1.00 e. The molecule has 0 aliphatic carbocycles. The SMILES string of the molecule is C[n+]1cc(-c2ccccc2)cc(/C=C/c2ccc(C(F)(F)F)cc2)c1-c1ccccc1.[I-]. The van der Waals surface area contributed by atoms with E-state index in [1.54, 1.807) is 0 Å². The molecule has 0 aliphatic heterocycles. The summed E-state index contributed by atoms with van der Waals surface area (Å²) in [7, 11) is 2.00. The molecule has 0 N–H and O–H groups in total. The molecule has 1 nitrogen and oxygen atoms in total. The van der Waals surface area contributed by atoms with Crippen LogP contribution in [0.2, 0.25) is 0 Å². The Kier molecular flexibility index (Phi) is 7.51. The molecule has 0 fully saturated rings. The van der Waals surface area contributed by atoms with Gasteiger partial charge in [-0.1, -0.05) is 66.7 Å². The molecule has 162 valence electrons. The smallest absolute Gasteiger partial charge is 0.416 e. The summed E-state index contributed by atoms with van der Waals surface area (Å²) in [4.78, 5) is 0. The van der Waals surface area contributed by atoms with Crippen molar-refractivity contribution >= 4 is 12.2 Å². The van der Waals surface area contributed by atoms with Crippen LogP contribution in [0.5, 0.6) is 0 Å². The van der Waals surface area contributed by atoms with E-state index < -0.39 is 11.7 Å². The van der Waals surface area contributed by atoms with E-state index in [1.165, 1.54) is 12.1 Å². The lowest BCUT2D eigenvalue weighted by Crippen LogP contribution is -3.00. The summed E-state index contributed by atoms with van der Waals surface area (Å²) in [6.07, 6.45) is 1.56. The molecule has 0 atom stereocenters. The predicted molar refractivity (Wildman–Crippen MR) is 119 cm³/mol. The van der Waals surface area contributed by atoms with Crippen molar-refractivity contribution in [3.8, 4) is 22.4 Å². The van der Waals surface area contributed by atoms with Gasteiger partial charge in [0.25, 0.3) is 0 Å². The first-order valence-electron chi connectivity index (χ1n) is 9.92. The molecular weight excluding hydrogens is 522 g/mol. The summed E-state index contributed by atoms with van der Waals surface area (Å²) >= 11 is 0. The average molecular weight is 543 g/mol. The quantitative estimate of drug-likeness (QED) is 0.271. The van der Waals surface area contributed by atoms with Crippen LogP contribution in [0.4, 0.5) is 13.2 Å². The Labute approximate surface area is 202 Å². The fourth-order valence-electron chi connectivity index (χ4n) is 3.60. The normalized spacial score (nSPS) is 11.4. The van der Waals surface area contributed by atoms with Gasteiger partial charge >= 0.3 is 6.18 Å². The summed E-state index contributed by atoms with van der Waals surface area (Å²) < 4.78 is 40.6. The summed E-state index contributed by atoms with van der Waals surface area (Å²) in [5, 5.41) is 0. The van der Waals surface area contributed by atoms with Crippen LogP contribution in [0.15, 0.2) is 97.2 Å². The second-order valence-electron chi connectivity index (χ2n) is 7.33. The van der Waals surface area contributed by atoms with Crippen molar-refractivity contribution in [3.63, 3.8) is 0 Å². The van der Waals surface area contributed by atoms with Gasteiger partial charge in [0.1, 0.15) is 7.05 Å². The van der Waals surface area contributed by atoms with Crippen molar-refractivity contribution in [2.24, 2.45) is 7.05 Å². The molecule has 0 bridgehead atoms. The van der Waals surface area contributed by atoms with Gasteiger partial charge in [-0.2, -0.15) is 17.7 Å². The third-order valence-corrected chi connectivity index (χ3v) is 5.12. The lowest BCUT2D eigenvalue weighted by Gasteiger charge is -2.09. The molecule has 1 heterocycles. The summed E-state index contributed by atoms with van der Waals surface area (Å²) in [5.41, 5.74) is 5.30. The second kappa shape index (κ2) is 10.1. The van der Waals surface area contributed by atoms with Gasteiger partial charge in [-0.3, -0.25) is 0 Å². The highest BCUT2D eigenvalue weighted by Crippen LogP contribution is 2.30. The summed E-state index contributed by atoms with van der Waals surface area (Å²) in [6, 6.07) is 27.4. The molecule has 3 aromatic carbocycles. The molecule has 0 radical (unpaired) electrons. The number of alkyl halides is 3. The van der Waals surface area contributed by atoms with Crippen molar-refractivity contribution in [2.45, 2.75) is 6.18 Å². The summed E-state index contributed by atoms with van der Waals surface area (Å²) in [5.74, 6) is 0. The van der Waals surface area contributed by atoms with Gasteiger partial charge in [-0.05, 0) is 47.5 Å². The van der Waals surface area contributed by atoms with E-state index in [2.05, 4.69) is 29.0 Å². The topological polar surface area (TPSA) is 3.88 Å². The van der Waals surface area contributed by atoms with Crippen molar-refractivity contribution in [3.05, 3.63) is 114 Å². The number of hydrogen-bond acceptors (Lipinski definition) is 0. The van der Waals surface area contributed by atoms with Gasteiger partial charge < -0.3 is 24.0 Å². The third-order valence-electron chi connectivity index (χ3n) is 5.12. The highest BCUT2D eigenvalue weighted by molar-refractivity contribution is 5.80. The minimum atomic E-state index is -4.33. The Morgan fingerprint density at radius 3 is 1.81 bits per heavy atom. The fourth-order valence-corrected chi connectivity index (χ4v) is 3.60. The zero-order chi connectivity index (χ0) is 21.8. The van der Waals surface area contributed by atoms with E-state index in [-0.39, 0.29) is 24.0 Å². The Hall–Kier alpha value is -2.93. The molecule has 4 rings (SSSR count). The first kappa shape index (κ1) is 23.7. The molecule has 0 spiro atoms. The van der Waals surface area contributed by atoms with Gasteiger partial charge in [0, 0.05) is 16.7 Å². The fraction of sp³-hybridized carbons (Fsp3) is 0.0741. The zero-order valence-corrected chi connectivity index (χ0v) is 19.5. The maximum absolute atomic E-state index is 12.8. The number of aryl methyl sites for hydroxylation is 1. The number of rotatable bonds is 4. The van der Waals surface area contributed by atoms with E-state index in [9.17, 15) is 13.2 Å². The molecule has 4 aromatic rings. The van der Waals surface area contributed by atoms with Gasteiger partial charge in [0.2, 0.25) is 5.69 Å². The number of hydrogen-bond donors (Lipinski definition) is 0. The van der Waals surface area contributed by atoms with Crippen LogP contribution < -0.4 is 28.5 Å². The molecule has 0 unspecified atom stereocenters. The highest BCUT2D eigenvalue weighted by atomic mass is 127. The molecule has 0 aliphatic rings. The maximum atomic E-state index is 12.8.